The van der Waals surface area contributed by atoms with Gasteiger partial charge < -0.3 is 19.9 Å². The molecule has 130 valence electrons. The van der Waals surface area contributed by atoms with Crippen molar-refractivity contribution >= 4 is 28.4 Å². The lowest BCUT2D eigenvalue weighted by molar-refractivity contribution is 0.0636. The number of carbonyl (C=O) groups excluding carboxylic acids is 1. The minimum Gasteiger partial charge on any atom is -0.396 e. The number of halogens is 1. The molecule has 1 fully saturated rings. The molecule has 0 bridgehead atoms. The van der Waals surface area contributed by atoms with Crippen molar-refractivity contribution in [1.82, 2.24) is 14.8 Å². The zero-order chi connectivity index (χ0) is 17.1. The number of amides is 1. The van der Waals surface area contributed by atoms with Gasteiger partial charge in [-0.1, -0.05) is 17.7 Å². The number of aromatic nitrogens is 1. The molecular weight excluding hydrogens is 326 g/mol. The van der Waals surface area contributed by atoms with Crippen molar-refractivity contribution in [2.24, 2.45) is 0 Å². The van der Waals surface area contributed by atoms with Crippen molar-refractivity contribution in [3.63, 3.8) is 0 Å². The van der Waals surface area contributed by atoms with Crippen LogP contribution < -0.4 is 0 Å². The summed E-state index contributed by atoms with van der Waals surface area (Å²) in [6.45, 7) is 2.66. The van der Waals surface area contributed by atoms with Gasteiger partial charge in [0, 0.05) is 48.2 Å². The summed E-state index contributed by atoms with van der Waals surface area (Å²) in [6.07, 6.45) is 2.74. The molecule has 2 N–H and O–H groups in total. The van der Waals surface area contributed by atoms with E-state index < -0.39 is 0 Å². The lowest BCUT2D eigenvalue weighted by Crippen LogP contribution is -2.45. The molecule has 0 radical (unpaired) electrons. The Hall–Kier alpha value is -1.56. The summed E-state index contributed by atoms with van der Waals surface area (Å²) in [7, 11) is 2.10. The molecule has 0 atom stereocenters. The number of aliphatic hydroxyl groups excluding tert-OH is 1. The van der Waals surface area contributed by atoms with E-state index >= 15 is 0 Å². The number of benzene rings is 1. The first-order chi connectivity index (χ1) is 11.6. The molecule has 2 aromatic rings. The van der Waals surface area contributed by atoms with E-state index in [0.717, 1.165) is 49.8 Å². The van der Waals surface area contributed by atoms with Crippen LogP contribution in [0.3, 0.4) is 0 Å². The van der Waals surface area contributed by atoms with Gasteiger partial charge in [0.05, 0.1) is 0 Å². The molecule has 0 aliphatic carbocycles. The predicted octanol–water partition coefficient (Wildman–Crippen LogP) is 2.74. The Labute approximate surface area is 147 Å². The third-order valence-electron chi connectivity index (χ3n) is 4.86. The summed E-state index contributed by atoms with van der Waals surface area (Å²) in [5.74, 6) is 0.0544. The number of carbonyl (C=O) groups is 1. The Balaban J connectivity index is 1.62. The number of aliphatic hydroxyl groups is 1. The van der Waals surface area contributed by atoms with Crippen molar-refractivity contribution in [3.05, 3.63) is 35.0 Å². The monoisotopic (exact) mass is 349 g/mol. The number of H-pyrrole nitrogens is 1. The zero-order valence-electron chi connectivity index (χ0n) is 14.0. The van der Waals surface area contributed by atoms with E-state index in [1.807, 2.05) is 29.2 Å². The number of piperidine rings is 1. The quantitative estimate of drug-likeness (QED) is 0.872. The van der Waals surface area contributed by atoms with Crippen LogP contribution >= 0.6 is 11.6 Å². The van der Waals surface area contributed by atoms with Crippen LogP contribution in [0.1, 0.15) is 29.8 Å². The fourth-order valence-electron chi connectivity index (χ4n) is 3.40. The Morgan fingerprint density at radius 1 is 1.38 bits per heavy atom. The molecule has 1 aliphatic rings. The average Bonchev–Trinajstić information content (AvgIpc) is 3.02. The number of nitrogens with one attached hydrogen (secondary N) is 1. The summed E-state index contributed by atoms with van der Waals surface area (Å²) in [6, 6.07) is 7.98. The number of hydrogen-bond acceptors (Lipinski definition) is 3. The third kappa shape index (κ3) is 3.74. The predicted molar refractivity (Wildman–Crippen MR) is 96.6 cm³/mol. The van der Waals surface area contributed by atoms with Gasteiger partial charge in [-0.15, -0.1) is 0 Å². The van der Waals surface area contributed by atoms with E-state index in [0.29, 0.717) is 16.8 Å². The second-order valence-corrected chi connectivity index (χ2v) is 6.93. The second-order valence-electron chi connectivity index (χ2n) is 6.50. The lowest BCUT2D eigenvalue weighted by atomic mass is 10.0. The highest BCUT2D eigenvalue weighted by atomic mass is 35.5. The van der Waals surface area contributed by atoms with Crippen molar-refractivity contribution in [2.75, 3.05) is 33.3 Å². The van der Waals surface area contributed by atoms with Crippen LogP contribution in [0.4, 0.5) is 0 Å². The molecule has 0 spiro atoms. The average molecular weight is 350 g/mol. The third-order valence-corrected chi connectivity index (χ3v) is 5.09. The molecule has 1 aromatic carbocycles. The normalized spacial score (nSPS) is 16.2. The SMILES string of the molecule is CN(CCCO)C1CCN(C(=O)c2cc3ccc(Cl)cc3[nH]2)CC1. The Kier molecular flexibility index (Phi) is 5.43. The highest BCUT2D eigenvalue weighted by molar-refractivity contribution is 6.31. The molecule has 1 saturated heterocycles. The molecule has 1 aromatic heterocycles. The molecule has 0 unspecified atom stereocenters. The summed E-state index contributed by atoms with van der Waals surface area (Å²) in [4.78, 5) is 20.1. The number of rotatable bonds is 5. The largest absolute Gasteiger partial charge is 0.396 e. The highest BCUT2D eigenvalue weighted by Gasteiger charge is 2.26. The van der Waals surface area contributed by atoms with Gasteiger partial charge in [-0.3, -0.25) is 4.79 Å². The molecule has 2 heterocycles. The van der Waals surface area contributed by atoms with Crippen LogP contribution in [0.15, 0.2) is 24.3 Å². The fraction of sp³-hybridized carbons (Fsp3) is 0.500. The number of hydrogen-bond donors (Lipinski definition) is 2. The van der Waals surface area contributed by atoms with E-state index in [1.54, 1.807) is 0 Å². The van der Waals surface area contributed by atoms with Crippen LogP contribution in [0, 0.1) is 0 Å². The Morgan fingerprint density at radius 3 is 2.83 bits per heavy atom. The fourth-order valence-corrected chi connectivity index (χ4v) is 3.57. The maximum absolute atomic E-state index is 12.7. The number of likely N-dealkylation sites (tertiary alicyclic amines) is 1. The summed E-state index contributed by atoms with van der Waals surface area (Å²) in [5, 5.41) is 10.6. The number of fused-ring (bicyclic) bond motifs is 1. The van der Waals surface area contributed by atoms with Crippen molar-refractivity contribution in [1.29, 1.82) is 0 Å². The van der Waals surface area contributed by atoms with Gasteiger partial charge in [0.25, 0.3) is 5.91 Å². The molecular formula is C18H24ClN3O2. The summed E-state index contributed by atoms with van der Waals surface area (Å²) in [5.41, 5.74) is 1.52. The number of aromatic amines is 1. The first-order valence-corrected chi connectivity index (χ1v) is 8.85. The first kappa shape index (κ1) is 17.3. The van der Waals surface area contributed by atoms with E-state index in [-0.39, 0.29) is 12.5 Å². The molecule has 6 heteroatoms. The zero-order valence-corrected chi connectivity index (χ0v) is 14.7. The molecule has 24 heavy (non-hydrogen) atoms. The molecule has 1 aliphatic heterocycles. The van der Waals surface area contributed by atoms with E-state index in [2.05, 4.69) is 16.9 Å². The molecule has 5 nitrogen and oxygen atoms in total. The van der Waals surface area contributed by atoms with Crippen LogP contribution in [-0.4, -0.2) is 65.1 Å². The van der Waals surface area contributed by atoms with Gasteiger partial charge in [0.15, 0.2) is 0 Å². The molecule has 1 amide bonds. The van der Waals surface area contributed by atoms with E-state index in [1.165, 1.54) is 0 Å². The first-order valence-electron chi connectivity index (χ1n) is 8.47. The van der Waals surface area contributed by atoms with Gasteiger partial charge in [0.1, 0.15) is 5.69 Å². The van der Waals surface area contributed by atoms with Crippen LogP contribution in [0.5, 0.6) is 0 Å². The van der Waals surface area contributed by atoms with Crippen LogP contribution in [0.25, 0.3) is 10.9 Å². The Morgan fingerprint density at radius 2 is 2.12 bits per heavy atom. The van der Waals surface area contributed by atoms with Gasteiger partial charge in [-0.25, -0.2) is 0 Å². The van der Waals surface area contributed by atoms with Crippen molar-refractivity contribution in [2.45, 2.75) is 25.3 Å². The van der Waals surface area contributed by atoms with Crippen LogP contribution in [-0.2, 0) is 0 Å². The van der Waals surface area contributed by atoms with Crippen LogP contribution in [0.2, 0.25) is 5.02 Å². The summed E-state index contributed by atoms with van der Waals surface area (Å²) < 4.78 is 0. The van der Waals surface area contributed by atoms with Crippen molar-refractivity contribution in [3.8, 4) is 0 Å². The topological polar surface area (TPSA) is 59.6 Å². The Bertz CT molecular complexity index is 707. The van der Waals surface area contributed by atoms with E-state index in [9.17, 15) is 4.79 Å². The van der Waals surface area contributed by atoms with E-state index in [4.69, 9.17) is 16.7 Å². The highest BCUT2D eigenvalue weighted by Crippen LogP contribution is 2.22. The van der Waals surface area contributed by atoms with Gasteiger partial charge in [0.2, 0.25) is 0 Å². The molecule has 3 rings (SSSR count). The van der Waals surface area contributed by atoms with Gasteiger partial charge in [-0.2, -0.15) is 0 Å². The standard InChI is InChI=1S/C18H24ClN3O2/c1-21(7-2-10-23)15-5-8-22(9-6-15)18(24)17-11-13-3-4-14(19)12-16(13)20-17/h3-4,11-12,15,20,23H,2,5-10H2,1H3. The minimum absolute atomic E-state index is 0.0544. The second kappa shape index (κ2) is 7.55. The van der Waals surface area contributed by atoms with Crippen molar-refractivity contribution < 1.29 is 9.90 Å². The minimum atomic E-state index is 0.0544. The smallest absolute Gasteiger partial charge is 0.270 e. The number of nitrogens with zero attached hydrogens (tertiary/aromatic N) is 2. The summed E-state index contributed by atoms with van der Waals surface area (Å²) >= 11 is 6.00. The van der Waals surface area contributed by atoms with Gasteiger partial charge >= 0.3 is 0 Å². The lowest BCUT2D eigenvalue weighted by Gasteiger charge is -2.36. The maximum atomic E-state index is 12.7. The van der Waals surface area contributed by atoms with Gasteiger partial charge in [-0.05, 0) is 44.5 Å². The molecule has 0 saturated carbocycles. The maximum Gasteiger partial charge on any atom is 0.270 e.